The lowest BCUT2D eigenvalue weighted by Crippen LogP contribution is -2.02. The highest BCUT2D eigenvalue weighted by Gasteiger charge is 2.29. The minimum atomic E-state index is -6.00. The summed E-state index contributed by atoms with van der Waals surface area (Å²) in [6, 6.07) is 0. The molecule has 0 saturated carbocycles. The smallest absolute Gasteiger partial charge is 0.418 e. The van der Waals surface area contributed by atoms with Crippen molar-refractivity contribution in [1.29, 1.82) is 0 Å². The molecule has 0 aliphatic rings. The molecule has 0 aromatic carbocycles. The first-order valence-electron chi connectivity index (χ1n) is 7.41. The summed E-state index contributed by atoms with van der Waals surface area (Å²) in [6.45, 7) is 14.1. The summed E-state index contributed by atoms with van der Waals surface area (Å²) < 4.78 is 44.5. The topological polar surface area (TPSA) is 14.1 Å². The molecule has 0 N–H and O–H groups in total. The lowest BCUT2D eigenvalue weighted by Gasteiger charge is -2.11. The van der Waals surface area contributed by atoms with E-state index in [9.17, 15) is 17.3 Å². The molecule has 0 spiro atoms. The fraction of sp³-hybridized carbons (Fsp3) is 1.00. The molecule has 20 heavy (non-hydrogen) atoms. The monoisotopic (exact) mass is 337 g/mol. The third kappa shape index (κ3) is 9.32. The standard InChI is InChI=1S/C12H30NP2.BF4/c1-7-14(8-2,9-3)13-15(10-4,11-5)12-6;2-1(3,4)5/h7-12H2,1-6H3;/q+1;-1. The Morgan fingerprint density at radius 3 is 0.850 bits per heavy atom. The second kappa shape index (κ2) is 10.1. The molecule has 0 aromatic rings. The van der Waals surface area contributed by atoms with Crippen LogP contribution < -0.4 is 4.17 Å². The number of hydrogen-bond acceptors (Lipinski definition) is 0. The van der Waals surface area contributed by atoms with E-state index in [1.54, 1.807) is 0 Å². The lowest BCUT2D eigenvalue weighted by molar-refractivity contribution is 0.368. The predicted molar refractivity (Wildman–Crippen MR) is 89.4 cm³/mol. The van der Waals surface area contributed by atoms with Crippen LogP contribution in [0.2, 0.25) is 0 Å². The van der Waals surface area contributed by atoms with Crippen LogP contribution in [0.5, 0.6) is 0 Å². The van der Waals surface area contributed by atoms with Crippen molar-refractivity contribution < 1.29 is 17.3 Å². The molecule has 0 radical (unpaired) electrons. The van der Waals surface area contributed by atoms with Crippen molar-refractivity contribution in [3.63, 3.8) is 0 Å². The summed E-state index contributed by atoms with van der Waals surface area (Å²) >= 11 is 0. The summed E-state index contributed by atoms with van der Waals surface area (Å²) in [5.41, 5.74) is 0. The highest BCUT2D eigenvalue weighted by Crippen LogP contribution is 2.51. The van der Waals surface area contributed by atoms with Crippen LogP contribution in [0, 0.1) is 0 Å². The van der Waals surface area contributed by atoms with Gasteiger partial charge in [0.05, 0.1) is 0 Å². The Morgan fingerprint density at radius 1 is 0.600 bits per heavy atom. The van der Waals surface area contributed by atoms with Gasteiger partial charge in [0.25, 0.3) is 0 Å². The van der Waals surface area contributed by atoms with Gasteiger partial charge in [-0.2, -0.15) is 4.17 Å². The summed E-state index contributed by atoms with van der Waals surface area (Å²) in [6.07, 6.45) is 7.93. The Kier molecular flexibility index (Phi) is 11.5. The number of rotatable bonds is 6. The van der Waals surface area contributed by atoms with Gasteiger partial charge in [-0.25, -0.2) is 0 Å². The highest BCUT2D eigenvalue weighted by atomic mass is 31.2. The van der Waals surface area contributed by atoms with E-state index in [-0.39, 0.29) is 0 Å². The van der Waals surface area contributed by atoms with Crippen LogP contribution in [0.15, 0.2) is 0 Å². The average molecular weight is 337 g/mol. The number of hydrogen-bond donors (Lipinski definition) is 0. The predicted octanol–water partition coefficient (Wildman–Crippen LogP) is 5.88. The summed E-state index contributed by atoms with van der Waals surface area (Å²) in [5.74, 6) is 0. The van der Waals surface area contributed by atoms with E-state index in [1.807, 2.05) is 0 Å². The van der Waals surface area contributed by atoms with Gasteiger partial charge in [0.15, 0.2) is 0 Å². The van der Waals surface area contributed by atoms with Gasteiger partial charge in [-0.15, -0.1) is 0 Å². The zero-order valence-electron chi connectivity index (χ0n) is 13.7. The van der Waals surface area contributed by atoms with E-state index < -0.39 is 21.4 Å². The van der Waals surface area contributed by atoms with E-state index in [0.717, 1.165) is 0 Å². The second-order valence-electron chi connectivity index (χ2n) is 4.67. The van der Waals surface area contributed by atoms with Crippen molar-refractivity contribution in [3.8, 4) is 0 Å². The third-order valence-electron chi connectivity index (χ3n) is 3.91. The Hall–Kier alpha value is 0.355. The molecular weight excluding hydrogens is 307 g/mol. The van der Waals surface area contributed by atoms with Gasteiger partial charge in [-0.1, -0.05) is 41.5 Å². The molecule has 0 heterocycles. The molecule has 0 bridgehead atoms. The van der Waals surface area contributed by atoms with Crippen LogP contribution in [-0.2, 0) is 0 Å². The molecule has 0 aliphatic carbocycles. The van der Waals surface area contributed by atoms with Gasteiger partial charge in [0, 0.05) is 37.0 Å². The highest BCUT2D eigenvalue weighted by molar-refractivity contribution is 7.73. The largest absolute Gasteiger partial charge is 0.673 e. The SMILES string of the molecule is CCP(CC)(CC)=[N+]=P(CC)(CC)CC.F[B-](F)(F)F. The Morgan fingerprint density at radius 2 is 0.750 bits per heavy atom. The maximum absolute atomic E-state index is 9.75. The van der Waals surface area contributed by atoms with E-state index >= 15 is 0 Å². The van der Waals surface area contributed by atoms with Crippen LogP contribution in [0.3, 0.4) is 0 Å². The Labute approximate surface area is 122 Å². The molecular formula is C12H30BF4NP2. The van der Waals surface area contributed by atoms with E-state index in [0.29, 0.717) is 0 Å². The second-order valence-corrected chi connectivity index (χ2v) is 13.6. The maximum atomic E-state index is 9.75. The van der Waals surface area contributed by atoms with Gasteiger partial charge in [-0.05, 0) is 0 Å². The molecule has 0 aliphatic heterocycles. The van der Waals surface area contributed by atoms with Gasteiger partial charge < -0.3 is 17.3 Å². The van der Waals surface area contributed by atoms with Gasteiger partial charge >= 0.3 is 7.25 Å². The van der Waals surface area contributed by atoms with Crippen molar-refractivity contribution in [2.45, 2.75) is 41.5 Å². The fourth-order valence-electron chi connectivity index (χ4n) is 2.12. The van der Waals surface area contributed by atoms with Crippen LogP contribution in [0.1, 0.15) is 41.5 Å². The van der Waals surface area contributed by atoms with Crippen molar-refractivity contribution >= 4 is 21.4 Å². The quantitative estimate of drug-likeness (QED) is 0.249. The Balaban J connectivity index is 0. The molecule has 0 rings (SSSR count). The van der Waals surface area contributed by atoms with Crippen molar-refractivity contribution in [2.24, 2.45) is 0 Å². The van der Waals surface area contributed by atoms with Crippen LogP contribution >= 0.6 is 14.1 Å². The molecule has 0 aromatic heterocycles. The molecule has 8 heteroatoms. The molecule has 0 unspecified atom stereocenters. The van der Waals surface area contributed by atoms with Crippen molar-refractivity contribution in [1.82, 2.24) is 4.17 Å². The molecule has 0 fully saturated rings. The average Bonchev–Trinajstić information content (AvgIpc) is 2.40. The minimum Gasteiger partial charge on any atom is -0.418 e. The first-order valence-corrected chi connectivity index (χ1v) is 12.0. The van der Waals surface area contributed by atoms with E-state index in [2.05, 4.69) is 41.5 Å². The maximum Gasteiger partial charge on any atom is 0.673 e. The van der Waals surface area contributed by atoms with E-state index in [1.165, 1.54) is 37.0 Å². The zero-order chi connectivity index (χ0) is 16.4. The normalized spacial score (nSPS) is 12.5. The number of halogens is 4. The van der Waals surface area contributed by atoms with Crippen LogP contribution in [-0.4, -0.2) is 44.2 Å². The summed E-state index contributed by atoms with van der Waals surface area (Å²) in [5, 5.41) is 0. The molecule has 124 valence electrons. The van der Waals surface area contributed by atoms with Gasteiger partial charge in [0.2, 0.25) is 14.1 Å². The molecule has 0 amide bonds. The van der Waals surface area contributed by atoms with Gasteiger partial charge in [-0.3, -0.25) is 0 Å². The summed E-state index contributed by atoms with van der Waals surface area (Å²) in [7, 11) is -7.87. The van der Waals surface area contributed by atoms with Crippen LogP contribution in [0.4, 0.5) is 17.3 Å². The van der Waals surface area contributed by atoms with Crippen molar-refractivity contribution in [2.75, 3.05) is 37.0 Å². The van der Waals surface area contributed by atoms with Gasteiger partial charge in [0.1, 0.15) is 0 Å². The third-order valence-corrected chi connectivity index (χ3v) is 14.0. The van der Waals surface area contributed by atoms with E-state index in [4.69, 9.17) is 4.17 Å². The minimum absolute atomic E-state index is 0.936. The molecule has 0 atom stereocenters. The Bertz CT molecular complexity index is 306. The van der Waals surface area contributed by atoms with Crippen molar-refractivity contribution in [3.05, 3.63) is 0 Å². The zero-order valence-corrected chi connectivity index (χ0v) is 15.5. The lowest BCUT2D eigenvalue weighted by atomic mass is 10.3. The number of nitrogens with zero attached hydrogens (tertiary/aromatic N) is 1. The first kappa shape index (κ1) is 22.6. The fourth-order valence-corrected chi connectivity index (χ4v) is 11.1. The first-order chi connectivity index (χ1) is 9.07. The summed E-state index contributed by atoms with van der Waals surface area (Å²) in [4.78, 5) is 0. The molecule has 0 saturated heterocycles. The van der Waals surface area contributed by atoms with Crippen LogP contribution in [0.25, 0.3) is 0 Å². The molecule has 1 nitrogen and oxygen atoms in total.